The van der Waals surface area contributed by atoms with Crippen molar-refractivity contribution in [2.45, 2.75) is 26.2 Å². The van der Waals surface area contributed by atoms with Gasteiger partial charge in [0, 0.05) is 0 Å². The molecule has 0 atom stereocenters. The molecule has 0 fully saturated rings. The molecule has 0 saturated carbocycles. The van der Waals surface area contributed by atoms with E-state index in [0.29, 0.717) is 0 Å². The molecular weight excluding hydrogens is 96.1 g/mol. The number of allylic oxidation sites excluding steroid dienone is 3. The molecule has 0 amide bonds. The maximum atomic E-state index is 3.36. The van der Waals surface area contributed by atoms with Gasteiger partial charge in [-0.15, -0.1) is 6.58 Å². The fraction of sp³-hybridized carbons (Fsp3) is 0.500. The predicted octanol–water partition coefficient (Wildman–Crippen LogP) is 2.92. The van der Waals surface area contributed by atoms with Crippen molar-refractivity contribution >= 4 is 0 Å². The smallest absolute Gasteiger partial charge is 0.0348 e. The monoisotopic (exact) mass is 110 g/mol. The summed E-state index contributed by atoms with van der Waals surface area (Å²) in [6, 6.07) is 0. The molecule has 0 aromatic carbocycles. The van der Waals surface area contributed by atoms with Crippen LogP contribution in [0.4, 0.5) is 0 Å². The topological polar surface area (TPSA) is 0 Å². The van der Waals surface area contributed by atoms with Crippen molar-refractivity contribution in [1.29, 1.82) is 0 Å². The molecule has 0 heteroatoms. The fourth-order valence-electron chi connectivity index (χ4n) is 0.589. The van der Waals surface area contributed by atoms with Crippen LogP contribution in [0.1, 0.15) is 26.2 Å². The van der Waals surface area contributed by atoms with Gasteiger partial charge in [0.05, 0.1) is 0 Å². The molecule has 0 aromatic heterocycles. The summed E-state index contributed by atoms with van der Waals surface area (Å²) < 4.78 is 0. The Morgan fingerprint density at radius 3 is 1.88 bits per heavy atom. The first-order valence-electron chi connectivity index (χ1n) is 3.14. The summed E-state index contributed by atoms with van der Waals surface area (Å²) in [7, 11) is 0. The third-order valence-electron chi connectivity index (χ3n) is 0.908. The molecule has 1 aliphatic rings. The van der Waals surface area contributed by atoms with Gasteiger partial charge in [0.2, 0.25) is 0 Å². The van der Waals surface area contributed by atoms with Crippen LogP contribution in [0.25, 0.3) is 0 Å². The van der Waals surface area contributed by atoms with Crippen LogP contribution in [0.2, 0.25) is 0 Å². The summed E-state index contributed by atoms with van der Waals surface area (Å²) in [5.41, 5.74) is 0. The number of hydrogen-bond acceptors (Lipinski definition) is 0. The van der Waals surface area contributed by atoms with E-state index in [1.807, 2.05) is 6.92 Å². The van der Waals surface area contributed by atoms with Crippen LogP contribution < -0.4 is 0 Å². The molecule has 46 valence electrons. The van der Waals surface area contributed by atoms with Crippen molar-refractivity contribution in [2.75, 3.05) is 0 Å². The van der Waals surface area contributed by atoms with Crippen LogP contribution in [0.3, 0.4) is 0 Å². The van der Waals surface area contributed by atoms with Crippen molar-refractivity contribution in [2.24, 2.45) is 0 Å². The molecule has 1 rings (SSSR count). The van der Waals surface area contributed by atoms with E-state index in [4.69, 9.17) is 0 Å². The normalized spacial score (nSPS) is 14.6. The standard InChI is InChI=1S/C5H8.C3H6/c1-2-4-5-3-1;1-3-2/h1-2H,3-5H2;3H,1H2,2H3. The first-order chi connectivity index (χ1) is 3.91. The molecule has 1 aliphatic carbocycles. The number of rotatable bonds is 0. The lowest BCUT2D eigenvalue weighted by Crippen LogP contribution is -1.50. The second kappa shape index (κ2) is 6.48. The summed E-state index contributed by atoms with van der Waals surface area (Å²) in [6.07, 6.45) is 10.2. The van der Waals surface area contributed by atoms with E-state index >= 15 is 0 Å². The van der Waals surface area contributed by atoms with E-state index in [1.165, 1.54) is 19.3 Å². The zero-order valence-corrected chi connectivity index (χ0v) is 5.56. The first kappa shape index (κ1) is 7.48. The minimum absolute atomic E-state index is 1.32. The Bertz CT molecular complexity index is 64.1. The Morgan fingerprint density at radius 1 is 1.38 bits per heavy atom. The van der Waals surface area contributed by atoms with Crippen molar-refractivity contribution in [1.82, 2.24) is 0 Å². The quantitative estimate of drug-likeness (QED) is 0.420. The van der Waals surface area contributed by atoms with E-state index in [1.54, 1.807) is 6.08 Å². The van der Waals surface area contributed by atoms with Gasteiger partial charge >= 0.3 is 0 Å². The second-order valence-electron chi connectivity index (χ2n) is 1.81. The molecule has 8 heavy (non-hydrogen) atoms. The summed E-state index contributed by atoms with van der Waals surface area (Å²) in [6.45, 7) is 5.25. The van der Waals surface area contributed by atoms with Crippen molar-refractivity contribution in [3.05, 3.63) is 24.8 Å². The van der Waals surface area contributed by atoms with E-state index in [-0.39, 0.29) is 0 Å². The number of hydrogen-bond donors (Lipinski definition) is 0. The van der Waals surface area contributed by atoms with Crippen LogP contribution in [0.15, 0.2) is 24.8 Å². The summed E-state index contributed by atoms with van der Waals surface area (Å²) in [5.74, 6) is 0. The fourth-order valence-corrected chi connectivity index (χ4v) is 0.589. The molecule has 0 unspecified atom stereocenters. The minimum Gasteiger partial charge on any atom is -0.103 e. The van der Waals surface area contributed by atoms with E-state index in [2.05, 4.69) is 18.7 Å². The Labute approximate surface area is 51.9 Å². The van der Waals surface area contributed by atoms with Gasteiger partial charge in [0.15, 0.2) is 0 Å². The van der Waals surface area contributed by atoms with Gasteiger partial charge in [-0.1, -0.05) is 18.2 Å². The van der Waals surface area contributed by atoms with Gasteiger partial charge in [-0.2, -0.15) is 0 Å². The third-order valence-corrected chi connectivity index (χ3v) is 0.908. The maximum Gasteiger partial charge on any atom is -0.0348 e. The van der Waals surface area contributed by atoms with E-state index < -0.39 is 0 Å². The molecule has 0 bridgehead atoms. The summed E-state index contributed by atoms with van der Waals surface area (Å²) in [5, 5.41) is 0. The maximum absolute atomic E-state index is 3.36. The Morgan fingerprint density at radius 2 is 1.75 bits per heavy atom. The van der Waals surface area contributed by atoms with Crippen LogP contribution in [-0.2, 0) is 0 Å². The zero-order valence-electron chi connectivity index (χ0n) is 5.56. The van der Waals surface area contributed by atoms with E-state index in [0.717, 1.165) is 0 Å². The van der Waals surface area contributed by atoms with Crippen LogP contribution >= 0.6 is 0 Å². The van der Waals surface area contributed by atoms with Crippen molar-refractivity contribution in [3.63, 3.8) is 0 Å². The van der Waals surface area contributed by atoms with Crippen molar-refractivity contribution in [3.8, 4) is 0 Å². The Balaban J connectivity index is 0.000000145. The lowest BCUT2D eigenvalue weighted by Gasteiger charge is -1.69. The van der Waals surface area contributed by atoms with Crippen molar-refractivity contribution < 1.29 is 0 Å². The second-order valence-corrected chi connectivity index (χ2v) is 1.81. The zero-order chi connectivity index (χ0) is 6.24. The highest BCUT2D eigenvalue weighted by molar-refractivity contribution is 4.88. The molecule has 0 radical (unpaired) electrons. The molecular formula is C8H14. The van der Waals surface area contributed by atoms with E-state index in [9.17, 15) is 0 Å². The SMILES string of the molecule is C1=CCCC1.C=CC. The van der Waals surface area contributed by atoms with Crippen LogP contribution in [0, 0.1) is 0 Å². The van der Waals surface area contributed by atoms with Gasteiger partial charge in [0.25, 0.3) is 0 Å². The summed E-state index contributed by atoms with van der Waals surface area (Å²) >= 11 is 0. The first-order valence-corrected chi connectivity index (χ1v) is 3.14. The Kier molecular flexibility index (Phi) is 6.06. The predicted molar refractivity (Wildman–Crippen MR) is 38.9 cm³/mol. The molecule has 0 spiro atoms. The van der Waals surface area contributed by atoms with Gasteiger partial charge in [-0.25, -0.2) is 0 Å². The molecule has 0 nitrogen and oxygen atoms in total. The summed E-state index contributed by atoms with van der Waals surface area (Å²) in [4.78, 5) is 0. The largest absolute Gasteiger partial charge is 0.103 e. The highest BCUT2D eigenvalue weighted by atomic mass is 13.9. The average Bonchev–Trinajstić information content (AvgIpc) is 2.17. The average molecular weight is 110 g/mol. The van der Waals surface area contributed by atoms with Gasteiger partial charge < -0.3 is 0 Å². The lowest BCUT2D eigenvalue weighted by atomic mass is 10.4. The van der Waals surface area contributed by atoms with Crippen LogP contribution in [0.5, 0.6) is 0 Å². The molecule has 0 saturated heterocycles. The molecule has 0 aromatic rings. The van der Waals surface area contributed by atoms with Gasteiger partial charge in [0.1, 0.15) is 0 Å². The minimum atomic E-state index is 1.32. The van der Waals surface area contributed by atoms with Gasteiger partial charge in [-0.05, 0) is 26.2 Å². The van der Waals surface area contributed by atoms with Crippen LogP contribution in [-0.4, -0.2) is 0 Å². The third kappa shape index (κ3) is 5.48. The Hall–Kier alpha value is -0.520. The lowest BCUT2D eigenvalue weighted by molar-refractivity contribution is 0.929. The van der Waals surface area contributed by atoms with Gasteiger partial charge in [-0.3, -0.25) is 0 Å². The molecule has 0 N–H and O–H groups in total. The highest BCUT2D eigenvalue weighted by Crippen LogP contribution is 2.05. The molecule has 0 heterocycles. The molecule has 0 aliphatic heterocycles. The highest BCUT2D eigenvalue weighted by Gasteiger charge is 1.84.